The number of carboxylic acid groups (broad SMARTS) is 1. The van der Waals surface area contributed by atoms with E-state index in [1.807, 2.05) is 54.6 Å². The second-order valence-electron chi connectivity index (χ2n) is 10.2. The zero-order valence-corrected chi connectivity index (χ0v) is 22.3. The van der Waals surface area contributed by atoms with Crippen molar-refractivity contribution >= 4 is 23.7 Å². The number of carbonyl (C=O) groups is 3. The van der Waals surface area contributed by atoms with Crippen molar-refractivity contribution in [1.82, 2.24) is 21.3 Å². The third-order valence-electron chi connectivity index (χ3n) is 6.58. The summed E-state index contributed by atoms with van der Waals surface area (Å²) in [5.41, 5.74) is 2.08. The first kappa shape index (κ1) is 28.7. The zero-order valence-electron chi connectivity index (χ0n) is 22.3. The van der Waals surface area contributed by atoms with E-state index in [1.165, 1.54) is 0 Å². The predicted octanol–water partition coefficient (Wildman–Crippen LogP) is 2.72. The standard InChI is InChI=1S/C29H39N5O4/c1-29(2,27(37)38)15-14-25(35)34-24(26(36)30-16-6-7-17-31-28-32-18-19-33-28)20-21-10-12-23(13-11-21)22-8-4-3-5-9-22/h3-5,8-13,24H,6-7,14-20H2,1-2H3,(H,30,36)(H,34,35)(H,37,38)(H2,31,32,33)/t24-/m1/s1. The number of nitrogens with one attached hydrogen (secondary N) is 4. The van der Waals surface area contributed by atoms with Crippen LogP contribution in [-0.4, -0.2) is 61.1 Å². The van der Waals surface area contributed by atoms with E-state index in [0.717, 1.165) is 55.1 Å². The molecule has 0 spiro atoms. The molecule has 2 amide bonds. The molecule has 1 heterocycles. The summed E-state index contributed by atoms with van der Waals surface area (Å²) in [7, 11) is 0. The van der Waals surface area contributed by atoms with Crippen molar-refractivity contribution in [2.45, 2.75) is 52.0 Å². The van der Waals surface area contributed by atoms with Gasteiger partial charge in [-0.05, 0) is 49.8 Å². The molecule has 0 bridgehead atoms. The molecule has 3 rings (SSSR count). The highest BCUT2D eigenvalue weighted by atomic mass is 16.4. The highest BCUT2D eigenvalue weighted by molar-refractivity contribution is 5.88. The van der Waals surface area contributed by atoms with Crippen LogP contribution < -0.4 is 21.3 Å². The van der Waals surface area contributed by atoms with Crippen LogP contribution in [-0.2, 0) is 20.8 Å². The average Bonchev–Trinajstić information content (AvgIpc) is 3.43. The summed E-state index contributed by atoms with van der Waals surface area (Å²) >= 11 is 0. The monoisotopic (exact) mass is 521 g/mol. The minimum atomic E-state index is -1.02. The van der Waals surface area contributed by atoms with Crippen molar-refractivity contribution in [1.29, 1.82) is 0 Å². The van der Waals surface area contributed by atoms with E-state index in [-0.39, 0.29) is 24.7 Å². The van der Waals surface area contributed by atoms with E-state index >= 15 is 0 Å². The minimum Gasteiger partial charge on any atom is -0.481 e. The van der Waals surface area contributed by atoms with Crippen LogP contribution in [0.1, 0.15) is 45.1 Å². The van der Waals surface area contributed by atoms with Crippen molar-refractivity contribution < 1.29 is 19.5 Å². The number of guanidine groups is 1. The molecular weight excluding hydrogens is 482 g/mol. The maximum absolute atomic E-state index is 13.1. The van der Waals surface area contributed by atoms with Gasteiger partial charge in [0.05, 0.1) is 12.0 Å². The summed E-state index contributed by atoms with van der Waals surface area (Å²) < 4.78 is 0. The van der Waals surface area contributed by atoms with Crippen LogP contribution in [0.4, 0.5) is 0 Å². The first-order valence-corrected chi connectivity index (χ1v) is 13.2. The molecule has 0 saturated carbocycles. The number of unbranched alkanes of at least 4 members (excludes halogenated alkanes) is 1. The number of amides is 2. The number of aliphatic imine (C=N–C) groups is 1. The van der Waals surface area contributed by atoms with Crippen LogP contribution in [0, 0.1) is 5.41 Å². The number of aliphatic carboxylic acids is 1. The number of hydrogen-bond donors (Lipinski definition) is 5. The van der Waals surface area contributed by atoms with E-state index in [2.05, 4.69) is 26.3 Å². The lowest BCUT2D eigenvalue weighted by atomic mass is 9.88. The number of rotatable bonds is 14. The van der Waals surface area contributed by atoms with Gasteiger partial charge in [-0.3, -0.25) is 19.4 Å². The number of carboxylic acids is 1. The maximum atomic E-state index is 13.1. The molecule has 0 aromatic heterocycles. The van der Waals surface area contributed by atoms with Crippen LogP contribution in [0.5, 0.6) is 0 Å². The Morgan fingerprint density at radius 3 is 2.34 bits per heavy atom. The fourth-order valence-electron chi connectivity index (χ4n) is 4.02. The molecular formula is C29H39N5O4. The smallest absolute Gasteiger partial charge is 0.309 e. The van der Waals surface area contributed by atoms with Gasteiger partial charge >= 0.3 is 5.97 Å². The molecule has 9 heteroatoms. The fourth-order valence-corrected chi connectivity index (χ4v) is 4.02. The number of benzene rings is 2. The van der Waals surface area contributed by atoms with Crippen LogP contribution in [0.25, 0.3) is 11.1 Å². The lowest BCUT2D eigenvalue weighted by molar-refractivity contribution is -0.147. The van der Waals surface area contributed by atoms with Crippen molar-refractivity contribution in [2.75, 3.05) is 26.2 Å². The Balaban J connectivity index is 1.56. The molecule has 0 fully saturated rings. The van der Waals surface area contributed by atoms with Crippen molar-refractivity contribution in [3.05, 3.63) is 60.2 Å². The molecule has 5 N–H and O–H groups in total. The van der Waals surface area contributed by atoms with Crippen LogP contribution in [0.3, 0.4) is 0 Å². The van der Waals surface area contributed by atoms with E-state index in [9.17, 15) is 19.5 Å². The Labute approximate surface area is 224 Å². The highest BCUT2D eigenvalue weighted by Gasteiger charge is 2.29. The van der Waals surface area contributed by atoms with Crippen LogP contribution >= 0.6 is 0 Å². The first-order chi connectivity index (χ1) is 18.2. The van der Waals surface area contributed by atoms with Crippen LogP contribution in [0.15, 0.2) is 59.6 Å². The summed E-state index contributed by atoms with van der Waals surface area (Å²) in [6, 6.07) is 17.2. The summed E-state index contributed by atoms with van der Waals surface area (Å²) in [5.74, 6) is -0.725. The van der Waals surface area contributed by atoms with Gasteiger partial charge in [-0.2, -0.15) is 0 Å². The molecule has 2 aromatic carbocycles. The predicted molar refractivity (Wildman–Crippen MR) is 149 cm³/mol. The van der Waals surface area contributed by atoms with Gasteiger partial charge in [-0.15, -0.1) is 0 Å². The molecule has 0 aliphatic carbocycles. The van der Waals surface area contributed by atoms with Crippen molar-refractivity contribution in [3.8, 4) is 11.1 Å². The lowest BCUT2D eigenvalue weighted by Crippen LogP contribution is -2.48. The molecule has 9 nitrogen and oxygen atoms in total. The van der Waals surface area contributed by atoms with Gasteiger partial charge in [0.2, 0.25) is 11.8 Å². The molecule has 1 atom stereocenters. The maximum Gasteiger partial charge on any atom is 0.309 e. The second kappa shape index (κ2) is 14.2. The van der Waals surface area contributed by atoms with Crippen molar-refractivity contribution in [3.63, 3.8) is 0 Å². The molecule has 0 radical (unpaired) electrons. The fraction of sp³-hybridized carbons (Fsp3) is 0.448. The largest absolute Gasteiger partial charge is 0.481 e. The molecule has 38 heavy (non-hydrogen) atoms. The average molecular weight is 522 g/mol. The SMILES string of the molecule is CC(C)(CCC(=O)N[C@H](Cc1ccc(-c2ccccc2)cc1)C(=O)NCCCCNC1=NCCN1)C(=O)O. The van der Waals surface area contributed by atoms with Gasteiger partial charge in [0, 0.05) is 32.5 Å². The third-order valence-corrected chi connectivity index (χ3v) is 6.58. The topological polar surface area (TPSA) is 132 Å². The van der Waals surface area contributed by atoms with Gasteiger partial charge in [0.25, 0.3) is 0 Å². The second-order valence-corrected chi connectivity index (χ2v) is 10.2. The lowest BCUT2D eigenvalue weighted by Gasteiger charge is -2.21. The van der Waals surface area contributed by atoms with Gasteiger partial charge in [0.1, 0.15) is 6.04 Å². The number of hydrogen-bond acceptors (Lipinski definition) is 6. The Morgan fingerprint density at radius 2 is 1.68 bits per heavy atom. The first-order valence-electron chi connectivity index (χ1n) is 13.2. The number of nitrogens with zero attached hydrogens (tertiary/aromatic N) is 1. The van der Waals surface area contributed by atoms with Gasteiger partial charge < -0.3 is 26.4 Å². The summed E-state index contributed by atoms with van der Waals surface area (Å²) in [4.78, 5) is 41.4. The quantitative estimate of drug-likeness (QED) is 0.243. The Morgan fingerprint density at radius 1 is 1.00 bits per heavy atom. The zero-order chi connectivity index (χ0) is 27.4. The van der Waals surface area contributed by atoms with Crippen LogP contribution in [0.2, 0.25) is 0 Å². The van der Waals surface area contributed by atoms with Crippen molar-refractivity contribution in [2.24, 2.45) is 10.4 Å². The Kier molecular flexibility index (Phi) is 10.7. The van der Waals surface area contributed by atoms with Gasteiger partial charge in [-0.25, -0.2) is 0 Å². The summed E-state index contributed by atoms with van der Waals surface area (Å²) in [6.07, 6.45) is 2.19. The molecule has 0 saturated heterocycles. The van der Waals surface area contributed by atoms with Gasteiger partial charge in [-0.1, -0.05) is 54.6 Å². The summed E-state index contributed by atoms with van der Waals surface area (Å²) in [5, 5.41) is 21.5. The third kappa shape index (κ3) is 9.21. The Hall–Kier alpha value is -3.88. The molecule has 1 aliphatic heterocycles. The summed E-state index contributed by atoms with van der Waals surface area (Å²) in [6.45, 7) is 6.07. The molecule has 204 valence electrons. The van der Waals surface area contributed by atoms with E-state index < -0.39 is 17.4 Å². The minimum absolute atomic E-state index is 0.0274. The Bertz CT molecular complexity index is 1100. The molecule has 1 aliphatic rings. The highest BCUT2D eigenvalue weighted by Crippen LogP contribution is 2.23. The molecule has 2 aromatic rings. The van der Waals surface area contributed by atoms with Gasteiger partial charge in [0.15, 0.2) is 5.96 Å². The van der Waals surface area contributed by atoms with E-state index in [4.69, 9.17) is 0 Å². The molecule has 0 unspecified atom stereocenters. The number of carbonyl (C=O) groups excluding carboxylic acids is 2. The van der Waals surface area contributed by atoms with E-state index in [1.54, 1.807) is 13.8 Å². The van der Waals surface area contributed by atoms with E-state index in [0.29, 0.717) is 13.0 Å². The normalized spacial score (nSPS) is 13.7.